The monoisotopic (exact) mass is 213 g/mol. The van der Waals surface area contributed by atoms with Gasteiger partial charge in [0.1, 0.15) is 5.82 Å². The van der Waals surface area contributed by atoms with Crippen LogP contribution in [0.3, 0.4) is 0 Å². The Morgan fingerprint density at radius 1 is 1.64 bits per heavy atom. The summed E-state index contributed by atoms with van der Waals surface area (Å²) in [5.41, 5.74) is 0. The molecule has 2 heterocycles. The first-order valence-corrected chi connectivity index (χ1v) is 5.82. The zero-order chi connectivity index (χ0) is 9.80. The van der Waals surface area contributed by atoms with Crippen molar-refractivity contribution in [1.29, 1.82) is 0 Å². The molecule has 1 unspecified atom stereocenters. The van der Waals surface area contributed by atoms with Crippen LogP contribution in [0.15, 0.2) is 0 Å². The van der Waals surface area contributed by atoms with Crippen molar-refractivity contribution in [3.05, 3.63) is 5.82 Å². The summed E-state index contributed by atoms with van der Waals surface area (Å²) in [5.74, 6) is 0.957. The van der Waals surface area contributed by atoms with Gasteiger partial charge in [0.05, 0.1) is 12.6 Å². The van der Waals surface area contributed by atoms with E-state index < -0.39 is 0 Å². The minimum atomic E-state index is 0.428. The highest BCUT2D eigenvalue weighted by Crippen LogP contribution is 2.16. The van der Waals surface area contributed by atoms with E-state index in [2.05, 4.69) is 21.6 Å². The number of ether oxygens (including phenoxy) is 1. The van der Waals surface area contributed by atoms with Crippen molar-refractivity contribution in [1.82, 2.24) is 9.36 Å². The van der Waals surface area contributed by atoms with Crippen molar-refractivity contribution in [3.8, 4) is 0 Å². The first kappa shape index (κ1) is 9.86. The van der Waals surface area contributed by atoms with Crippen molar-refractivity contribution in [3.63, 3.8) is 0 Å². The van der Waals surface area contributed by atoms with Crippen molar-refractivity contribution in [2.75, 3.05) is 18.5 Å². The van der Waals surface area contributed by atoms with Gasteiger partial charge in [0.15, 0.2) is 0 Å². The molecule has 14 heavy (non-hydrogen) atoms. The number of aryl methyl sites for hydroxylation is 1. The lowest BCUT2D eigenvalue weighted by molar-refractivity contribution is 0.195. The summed E-state index contributed by atoms with van der Waals surface area (Å²) in [5, 5.41) is 4.27. The highest BCUT2D eigenvalue weighted by Gasteiger charge is 2.16. The Labute approximate surface area is 87.9 Å². The Hall–Kier alpha value is -0.680. The number of hydrogen-bond donors (Lipinski definition) is 1. The van der Waals surface area contributed by atoms with E-state index in [0.717, 1.165) is 43.4 Å². The average molecular weight is 213 g/mol. The zero-order valence-corrected chi connectivity index (χ0v) is 9.14. The van der Waals surface area contributed by atoms with Gasteiger partial charge in [0, 0.05) is 24.6 Å². The third-order valence-corrected chi connectivity index (χ3v) is 2.88. The SMILES string of the molecule is CCCc1nsc(NC2CCOC2)n1. The molecule has 1 aliphatic heterocycles. The minimum absolute atomic E-state index is 0.428. The third kappa shape index (κ3) is 2.42. The molecule has 0 amide bonds. The molecule has 0 aliphatic carbocycles. The van der Waals surface area contributed by atoms with Gasteiger partial charge >= 0.3 is 0 Å². The zero-order valence-electron chi connectivity index (χ0n) is 8.32. The Balaban J connectivity index is 1.88. The van der Waals surface area contributed by atoms with E-state index >= 15 is 0 Å². The molecule has 0 saturated carbocycles. The molecule has 1 atom stereocenters. The topological polar surface area (TPSA) is 47.0 Å². The fourth-order valence-electron chi connectivity index (χ4n) is 1.46. The second kappa shape index (κ2) is 4.70. The number of rotatable bonds is 4. The van der Waals surface area contributed by atoms with Crippen LogP contribution < -0.4 is 5.32 Å². The molecule has 0 bridgehead atoms. The lowest BCUT2D eigenvalue weighted by Gasteiger charge is -2.06. The first-order valence-electron chi connectivity index (χ1n) is 5.05. The number of hydrogen-bond acceptors (Lipinski definition) is 5. The number of nitrogens with one attached hydrogen (secondary N) is 1. The van der Waals surface area contributed by atoms with E-state index in [1.54, 1.807) is 0 Å². The minimum Gasteiger partial charge on any atom is -0.379 e. The molecule has 1 saturated heterocycles. The number of aromatic nitrogens is 2. The molecule has 4 nitrogen and oxygen atoms in total. The number of anilines is 1. The lowest BCUT2D eigenvalue weighted by Crippen LogP contribution is -2.18. The smallest absolute Gasteiger partial charge is 0.202 e. The quantitative estimate of drug-likeness (QED) is 0.827. The molecular formula is C9H15N3OS. The van der Waals surface area contributed by atoms with Gasteiger partial charge in [0.25, 0.3) is 0 Å². The van der Waals surface area contributed by atoms with Crippen LogP contribution in [-0.2, 0) is 11.2 Å². The highest BCUT2D eigenvalue weighted by molar-refractivity contribution is 7.09. The van der Waals surface area contributed by atoms with Gasteiger partial charge in [0.2, 0.25) is 5.13 Å². The van der Waals surface area contributed by atoms with E-state index in [4.69, 9.17) is 4.74 Å². The molecular weight excluding hydrogens is 198 g/mol. The maximum atomic E-state index is 5.28. The summed E-state index contributed by atoms with van der Waals surface area (Å²) in [4.78, 5) is 4.40. The van der Waals surface area contributed by atoms with E-state index in [1.807, 2.05) is 0 Å². The molecule has 1 aliphatic rings. The summed E-state index contributed by atoms with van der Waals surface area (Å²) >= 11 is 1.45. The molecule has 2 rings (SSSR count). The van der Waals surface area contributed by atoms with Gasteiger partial charge < -0.3 is 10.1 Å². The summed E-state index contributed by atoms with van der Waals surface area (Å²) in [6.45, 7) is 3.79. The second-order valence-corrected chi connectivity index (χ2v) is 4.22. The van der Waals surface area contributed by atoms with Crippen LogP contribution in [-0.4, -0.2) is 28.6 Å². The Kier molecular flexibility index (Phi) is 3.31. The lowest BCUT2D eigenvalue weighted by atomic mass is 10.3. The molecule has 0 spiro atoms. The Morgan fingerprint density at radius 3 is 3.29 bits per heavy atom. The normalized spacial score (nSPS) is 21.4. The van der Waals surface area contributed by atoms with Crippen LogP contribution in [0.2, 0.25) is 0 Å². The van der Waals surface area contributed by atoms with Gasteiger partial charge in [-0.25, -0.2) is 4.98 Å². The van der Waals surface area contributed by atoms with Crippen LogP contribution in [0.5, 0.6) is 0 Å². The van der Waals surface area contributed by atoms with E-state index in [-0.39, 0.29) is 0 Å². The molecule has 0 aromatic carbocycles. The highest BCUT2D eigenvalue weighted by atomic mass is 32.1. The molecule has 1 fully saturated rings. The van der Waals surface area contributed by atoms with Crippen LogP contribution >= 0.6 is 11.5 Å². The molecule has 0 radical (unpaired) electrons. The van der Waals surface area contributed by atoms with Gasteiger partial charge in [-0.1, -0.05) is 6.92 Å². The largest absolute Gasteiger partial charge is 0.379 e. The summed E-state index contributed by atoms with van der Waals surface area (Å²) in [6, 6.07) is 0.428. The van der Waals surface area contributed by atoms with Crippen molar-refractivity contribution in [2.24, 2.45) is 0 Å². The summed E-state index contributed by atoms with van der Waals surface area (Å²) in [7, 11) is 0. The fourth-order valence-corrected chi connectivity index (χ4v) is 2.15. The maximum absolute atomic E-state index is 5.28. The standard InChI is InChI=1S/C9H15N3OS/c1-2-3-8-11-9(14-12-8)10-7-4-5-13-6-7/h7H,2-6H2,1H3,(H,10,11,12). The van der Waals surface area contributed by atoms with Gasteiger partial charge in [-0.2, -0.15) is 4.37 Å². The number of nitrogens with zero attached hydrogens (tertiary/aromatic N) is 2. The molecule has 5 heteroatoms. The van der Waals surface area contributed by atoms with Gasteiger partial charge in [-0.15, -0.1) is 0 Å². The van der Waals surface area contributed by atoms with Crippen LogP contribution in [0.4, 0.5) is 5.13 Å². The van der Waals surface area contributed by atoms with Crippen molar-refractivity contribution in [2.45, 2.75) is 32.2 Å². The Morgan fingerprint density at radius 2 is 2.57 bits per heavy atom. The molecule has 78 valence electrons. The van der Waals surface area contributed by atoms with Gasteiger partial charge in [-0.05, 0) is 12.8 Å². The van der Waals surface area contributed by atoms with E-state index in [9.17, 15) is 0 Å². The van der Waals surface area contributed by atoms with Crippen LogP contribution in [0.1, 0.15) is 25.6 Å². The molecule has 1 aromatic rings. The van der Waals surface area contributed by atoms with E-state index in [0.29, 0.717) is 6.04 Å². The Bertz CT molecular complexity index is 283. The van der Waals surface area contributed by atoms with Crippen molar-refractivity contribution < 1.29 is 4.74 Å². The third-order valence-electron chi connectivity index (χ3n) is 2.20. The molecule has 1 N–H and O–H groups in total. The van der Waals surface area contributed by atoms with E-state index in [1.165, 1.54) is 11.5 Å². The predicted molar refractivity (Wildman–Crippen MR) is 56.8 cm³/mol. The second-order valence-electron chi connectivity index (χ2n) is 3.47. The maximum Gasteiger partial charge on any atom is 0.202 e. The first-order chi connectivity index (χ1) is 6.88. The van der Waals surface area contributed by atoms with Gasteiger partial charge in [-0.3, -0.25) is 0 Å². The fraction of sp³-hybridized carbons (Fsp3) is 0.778. The van der Waals surface area contributed by atoms with Crippen LogP contribution in [0, 0.1) is 0 Å². The summed E-state index contributed by atoms with van der Waals surface area (Å²) < 4.78 is 9.55. The van der Waals surface area contributed by atoms with Crippen molar-refractivity contribution >= 4 is 16.7 Å². The molecule has 1 aromatic heterocycles. The predicted octanol–water partition coefficient (Wildman–Crippen LogP) is 1.69. The average Bonchev–Trinajstić information content (AvgIpc) is 2.79. The summed E-state index contributed by atoms with van der Waals surface area (Å²) in [6.07, 6.45) is 3.14. The van der Waals surface area contributed by atoms with Crippen LogP contribution in [0.25, 0.3) is 0 Å².